The highest BCUT2D eigenvalue weighted by Crippen LogP contribution is 2.25. The second-order valence-corrected chi connectivity index (χ2v) is 3.63. The molecule has 1 fully saturated rings. The van der Waals surface area contributed by atoms with E-state index in [0.717, 1.165) is 19.0 Å². The summed E-state index contributed by atoms with van der Waals surface area (Å²) in [4.78, 5) is 0. The standard InChI is InChI=1S/C10H21NO/c1-3-11-8-9-6-4-5-7-10(9)12-2/h9-11H,3-8H2,1-2H3. The molecule has 0 bridgehead atoms. The lowest BCUT2D eigenvalue weighted by atomic mass is 9.86. The van der Waals surface area contributed by atoms with Gasteiger partial charge in [-0.05, 0) is 25.3 Å². The molecule has 0 heterocycles. The van der Waals surface area contributed by atoms with Crippen LogP contribution in [0.1, 0.15) is 32.6 Å². The smallest absolute Gasteiger partial charge is 0.0611 e. The van der Waals surface area contributed by atoms with E-state index >= 15 is 0 Å². The van der Waals surface area contributed by atoms with Crippen molar-refractivity contribution >= 4 is 0 Å². The third-order valence-electron chi connectivity index (χ3n) is 2.80. The molecule has 1 rings (SSSR count). The highest BCUT2D eigenvalue weighted by molar-refractivity contribution is 4.77. The molecule has 0 saturated heterocycles. The van der Waals surface area contributed by atoms with Crippen LogP contribution in [-0.2, 0) is 4.74 Å². The Balaban J connectivity index is 2.26. The molecule has 0 spiro atoms. The van der Waals surface area contributed by atoms with E-state index in [9.17, 15) is 0 Å². The third-order valence-corrected chi connectivity index (χ3v) is 2.80. The van der Waals surface area contributed by atoms with Crippen LogP contribution in [0.3, 0.4) is 0 Å². The molecule has 1 aliphatic rings. The maximum atomic E-state index is 5.46. The molecule has 2 unspecified atom stereocenters. The summed E-state index contributed by atoms with van der Waals surface area (Å²) < 4.78 is 5.46. The number of nitrogens with one attached hydrogen (secondary N) is 1. The summed E-state index contributed by atoms with van der Waals surface area (Å²) in [6.45, 7) is 4.37. The van der Waals surface area contributed by atoms with Crippen LogP contribution >= 0.6 is 0 Å². The lowest BCUT2D eigenvalue weighted by molar-refractivity contribution is 0.0242. The Labute approximate surface area is 75.7 Å². The Bertz CT molecular complexity index is 116. The van der Waals surface area contributed by atoms with Crippen LogP contribution in [0.5, 0.6) is 0 Å². The molecule has 0 aromatic carbocycles. The molecular weight excluding hydrogens is 150 g/mol. The maximum absolute atomic E-state index is 5.46. The summed E-state index contributed by atoms with van der Waals surface area (Å²) in [6, 6.07) is 0. The van der Waals surface area contributed by atoms with E-state index in [1.807, 2.05) is 7.11 Å². The van der Waals surface area contributed by atoms with Gasteiger partial charge in [0, 0.05) is 13.7 Å². The van der Waals surface area contributed by atoms with Crippen LogP contribution < -0.4 is 5.32 Å². The molecule has 0 aromatic heterocycles. The summed E-state index contributed by atoms with van der Waals surface area (Å²) in [7, 11) is 1.84. The van der Waals surface area contributed by atoms with Crippen LogP contribution in [0.2, 0.25) is 0 Å². The van der Waals surface area contributed by atoms with E-state index < -0.39 is 0 Å². The van der Waals surface area contributed by atoms with Gasteiger partial charge in [0.05, 0.1) is 6.10 Å². The number of hydrogen-bond donors (Lipinski definition) is 1. The summed E-state index contributed by atoms with van der Waals surface area (Å²) in [5.74, 6) is 0.753. The zero-order valence-corrected chi connectivity index (χ0v) is 8.31. The quantitative estimate of drug-likeness (QED) is 0.696. The summed E-state index contributed by atoms with van der Waals surface area (Å²) in [5, 5.41) is 3.40. The van der Waals surface area contributed by atoms with Crippen molar-refractivity contribution in [2.75, 3.05) is 20.2 Å². The molecule has 2 atom stereocenters. The molecule has 1 N–H and O–H groups in total. The van der Waals surface area contributed by atoms with Gasteiger partial charge in [-0.2, -0.15) is 0 Å². The molecular formula is C10H21NO. The van der Waals surface area contributed by atoms with Crippen molar-refractivity contribution in [2.24, 2.45) is 5.92 Å². The third kappa shape index (κ3) is 2.76. The number of hydrogen-bond acceptors (Lipinski definition) is 2. The molecule has 0 radical (unpaired) electrons. The van der Waals surface area contributed by atoms with Gasteiger partial charge in [0.2, 0.25) is 0 Å². The van der Waals surface area contributed by atoms with E-state index in [4.69, 9.17) is 4.74 Å². The monoisotopic (exact) mass is 171 g/mol. The van der Waals surface area contributed by atoms with Gasteiger partial charge in [0.1, 0.15) is 0 Å². The van der Waals surface area contributed by atoms with Crippen molar-refractivity contribution in [3.8, 4) is 0 Å². The van der Waals surface area contributed by atoms with Crippen molar-refractivity contribution < 1.29 is 4.74 Å². The highest BCUT2D eigenvalue weighted by atomic mass is 16.5. The van der Waals surface area contributed by atoms with Gasteiger partial charge >= 0.3 is 0 Å². The van der Waals surface area contributed by atoms with Crippen LogP contribution in [-0.4, -0.2) is 26.3 Å². The number of methoxy groups -OCH3 is 1. The first kappa shape index (κ1) is 10.0. The first-order valence-electron chi connectivity index (χ1n) is 5.12. The molecule has 0 aromatic rings. The zero-order chi connectivity index (χ0) is 8.81. The first-order chi connectivity index (χ1) is 5.88. The predicted octanol–water partition coefficient (Wildman–Crippen LogP) is 1.80. The summed E-state index contributed by atoms with van der Waals surface area (Å²) in [6.07, 6.45) is 5.84. The Hall–Kier alpha value is -0.0800. The number of rotatable bonds is 4. The zero-order valence-electron chi connectivity index (χ0n) is 8.31. The Morgan fingerprint density at radius 3 is 2.75 bits per heavy atom. The summed E-state index contributed by atoms with van der Waals surface area (Å²) in [5.41, 5.74) is 0. The molecule has 0 amide bonds. The molecule has 12 heavy (non-hydrogen) atoms. The van der Waals surface area contributed by atoms with Gasteiger partial charge in [-0.3, -0.25) is 0 Å². The fraction of sp³-hybridized carbons (Fsp3) is 1.00. The minimum Gasteiger partial charge on any atom is -0.381 e. The van der Waals surface area contributed by atoms with E-state index in [-0.39, 0.29) is 0 Å². The fourth-order valence-corrected chi connectivity index (χ4v) is 2.05. The Morgan fingerprint density at radius 1 is 1.33 bits per heavy atom. The Morgan fingerprint density at radius 2 is 2.08 bits per heavy atom. The van der Waals surface area contributed by atoms with E-state index in [1.54, 1.807) is 0 Å². The molecule has 1 saturated carbocycles. The van der Waals surface area contributed by atoms with Gasteiger partial charge in [-0.15, -0.1) is 0 Å². The number of ether oxygens (including phenoxy) is 1. The second kappa shape index (κ2) is 5.55. The van der Waals surface area contributed by atoms with Gasteiger partial charge < -0.3 is 10.1 Å². The Kier molecular flexibility index (Phi) is 4.62. The summed E-state index contributed by atoms with van der Waals surface area (Å²) >= 11 is 0. The largest absolute Gasteiger partial charge is 0.381 e. The van der Waals surface area contributed by atoms with Crippen LogP contribution in [0, 0.1) is 5.92 Å². The first-order valence-corrected chi connectivity index (χ1v) is 5.12. The van der Waals surface area contributed by atoms with Crippen molar-refractivity contribution in [3.05, 3.63) is 0 Å². The topological polar surface area (TPSA) is 21.3 Å². The average Bonchev–Trinajstić information content (AvgIpc) is 2.15. The highest BCUT2D eigenvalue weighted by Gasteiger charge is 2.23. The SMILES string of the molecule is CCNCC1CCCCC1OC. The van der Waals surface area contributed by atoms with Crippen LogP contribution in [0.4, 0.5) is 0 Å². The lowest BCUT2D eigenvalue weighted by Gasteiger charge is -2.30. The maximum Gasteiger partial charge on any atom is 0.0611 e. The van der Waals surface area contributed by atoms with Crippen LogP contribution in [0.15, 0.2) is 0 Å². The molecule has 1 aliphatic carbocycles. The predicted molar refractivity (Wildman–Crippen MR) is 51.3 cm³/mol. The van der Waals surface area contributed by atoms with Crippen molar-refractivity contribution in [1.29, 1.82) is 0 Å². The average molecular weight is 171 g/mol. The molecule has 2 nitrogen and oxygen atoms in total. The van der Waals surface area contributed by atoms with Gasteiger partial charge in [-0.1, -0.05) is 19.8 Å². The van der Waals surface area contributed by atoms with Crippen molar-refractivity contribution in [1.82, 2.24) is 5.32 Å². The second-order valence-electron chi connectivity index (χ2n) is 3.63. The molecule has 72 valence electrons. The fourth-order valence-electron chi connectivity index (χ4n) is 2.05. The van der Waals surface area contributed by atoms with Crippen molar-refractivity contribution in [2.45, 2.75) is 38.7 Å². The van der Waals surface area contributed by atoms with E-state index in [2.05, 4.69) is 12.2 Å². The molecule has 0 aliphatic heterocycles. The van der Waals surface area contributed by atoms with Gasteiger partial charge in [-0.25, -0.2) is 0 Å². The van der Waals surface area contributed by atoms with E-state index in [0.29, 0.717) is 6.10 Å². The lowest BCUT2D eigenvalue weighted by Crippen LogP contribution is -2.34. The molecule has 2 heteroatoms. The van der Waals surface area contributed by atoms with Crippen LogP contribution in [0.25, 0.3) is 0 Å². The minimum absolute atomic E-state index is 0.512. The van der Waals surface area contributed by atoms with E-state index in [1.165, 1.54) is 25.7 Å². The minimum atomic E-state index is 0.512. The van der Waals surface area contributed by atoms with Gasteiger partial charge in [0.25, 0.3) is 0 Å². The van der Waals surface area contributed by atoms with Gasteiger partial charge in [0.15, 0.2) is 0 Å². The van der Waals surface area contributed by atoms with Crippen molar-refractivity contribution in [3.63, 3.8) is 0 Å². The normalized spacial score (nSPS) is 30.5.